The fourth-order valence-electron chi connectivity index (χ4n) is 4.46. The van der Waals surface area contributed by atoms with Gasteiger partial charge in [-0.1, -0.05) is 0 Å². The predicted octanol–water partition coefficient (Wildman–Crippen LogP) is 3.16. The molecule has 2 aliphatic rings. The summed E-state index contributed by atoms with van der Waals surface area (Å²) < 4.78 is 13.6. The van der Waals surface area contributed by atoms with E-state index in [9.17, 15) is 9.59 Å². The number of nitrogens with zero attached hydrogens (tertiary/aromatic N) is 4. The topological polar surface area (TPSA) is 66.4 Å². The Morgan fingerprint density at radius 3 is 1.94 bits per heavy atom. The Balaban J connectivity index is 1.52. The molecule has 0 N–H and O–H groups in total. The van der Waals surface area contributed by atoms with Crippen LogP contribution in [-0.2, 0) is 9.59 Å². The molecule has 6 nitrogen and oxygen atoms in total. The van der Waals surface area contributed by atoms with E-state index in [1.165, 1.54) is 20.6 Å². The van der Waals surface area contributed by atoms with Crippen molar-refractivity contribution in [2.24, 2.45) is 0 Å². The third-order valence-electron chi connectivity index (χ3n) is 6.13. The van der Waals surface area contributed by atoms with Gasteiger partial charge in [0.1, 0.15) is 0 Å². The maximum absolute atomic E-state index is 13.4. The first-order valence-corrected chi connectivity index (χ1v) is 14.5. The van der Waals surface area contributed by atoms with Gasteiger partial charge in [-0.25, -0.2) is 0 Å². The van der Waals surface area contributed by atoms with Gasteiger partial charge in [0.15, 0.2) is 0 Å². The number of hydrogen-bond acceptors (Lipinski definition) is 5. The molecule has 0 bridgehead atoms. The second-order valence-electron chi connectivity index (χ2n) is 8.14. The normalized spacial score (nSPS) is 16.2. The molecule has 4 aromatic rings. The molecule has 9 heteroatoms. The number of aryl methyl sites for hydroxylation is 2. The number of amides is 2. The first-order chi connectivity index (χ1) is 15.9. The van der Waals surface area contributed by atoms with Gasteiger partial charge in [0.05, 0.1) is 0 Å². The Kier molecular flexibility index (Phi) is 4.77. The summed E-state index contributed by atoms with van der Waals surface area (Å²) in [4.78, 5) is 30.1. The molecule has 6 rings (SSSR count). The molecule has 3 aromatic heterocycles. The molecular formula is C24H18N4O2SSe2. The van der Waals surface area contributed by atoms with E-state index in [2.05, 4.69) is 52.1 Å². The molecule has 0 atom stereocenters. The van der Waals surface area contributed by atoms with Crippen molar-refractivity contribution in [3.8, 4) is 10.0 Å². The third kappa shape index (κ3) is 2.97. The van der Waals surface area contributed by atoms with Crippen LogP contribution in [-0.4, -0.2) is 73.5 Å². The van der Waals surface area contributed by atoms with Gasteiger partial charge in [-0.3, -0.25) is 0 Å². The second-order valence-corrected chi connectivity index (χ2v) is 13.6. The number of hydrogen-bond donors (Lipinski definition) is 0. The Labute approximate surface area is 206 Å². The van der Waals surface area contributed by atoms with Crippen LogP contribution in [0.15, 0.2) is 47.5 Å². The van der Waals surface area contributed by atoms with Crippen molar-refractivity contribution in [2.75, 3.05) is 14.1 Å². The number of carbonyl (C=O) groups is 2. The van der Waals surface area contributed by atoms with Gasteiger partial charge in [0.25, 0.3) is 0 Å². The summed E-state index contributed by atoms with van der Waals surface area (Å²) in [5, 5.41) is 0. The van der Waals surface area contributed by atoms with Crippen LogP contribution < -0.4 is 0 Å². The van der Waals surface area contributed by atoms with Crippen LogP contribution in [0.2, 0.25) is 0 Å². The molecular weight excluding hydrogens is 566 g/mol. The Morgan fingerprint density at radius 2 is 1.30 bits per heavy atom. The van der Waals surface area contributed by atoms with Gasteiger partial charge in [-0.2, -0.15) is 0 Å². The van der Waals surface area contributed by atoms with Crippen molar-refractivity contribution >= 4 is 75.0 Å². The summed E-state index contributed by atoms with van der Waals surface area (Å²) in [6.45, 7) is 4.14. The number of fused-ring (bicyclic) bond motifs is 2. The summed E-state index contributed by atoms with van der Waals surface area (Å²) >= 11 is 1.30. The molecule has 0 unspecified atom stereocenters. The van der Waals surface area contributed by atoms with E-state index in [-0.39, 0.29) is 40.8 Å². The van der Waals surface area contributed by atoms with Crippen molar-refractivity contribution in [3.05, 3.63) is 66.4 Å². The Bertz CT molecular complexity index is 1570. The average Bonchev–Trinajstić information content (AvgIpc) is 3.60. The molecule has 2 aliphatic heterocycles. The minimum atomic E-state index is -0.0967. The van der Waals surface area contributed by atoms with E-state index in [1.807, 2.05) is 6.92 Å². The molecule has 33 heavy (non-hydrogen) atoms. The van der Waals surface area contributed by atoms with Crippen LogP contribution in [0.3, 0.4) is 0 Å². The second kappa shape index (κ2) is 7.48. The Morgan fingerprint density at radius 1 is 0.727 bits per heavy atom. The van der Waals surface area contributed by atoms with Gasteiger partial charge in [-0.15, -0.1) is 0 Å². The fraction of sp³-hybridized carbons (Fsp3) is 0.167. The molecule has 0 spiro atoms. The van der Waals surface area contributed by atoms with Gasteiger partial charge in [0, 0.05) is 0 Å². The van der Waals surface area contributed by atoms with Crippen molar-refractivity contribution in [1.29, 1.82) is 0 Å². The van der Waals surface area contributed by atoms with Crippen LogP contribution in [0.4, 0.5) is 0 Å². The van der Waals surface area contributed by atoms with Crippen molar-refractivity contribution in [3.63, 3.8) is 0 Å². The minimum absolute atomic E-state index is 0.0611. The molecule has 0 saturated carbocycles. The standard InChI is InChI=1S/C24H18N4O2SSe2/c1-11-5-7-13(20-19(11)25-31-26-20)14-9-10-16(33-14)22-18-17(23(29)28(22)4)21(27(3)24(18)30)15-8-6-12(2)32-15/h5-10H,1-4H3. The van der Waals surface area contributed by atoms with E-state index < -0.39 is 0 Å². The van der Waals surface area contributed by atoms with E-state index in [4.69, 9.17) is 0 Å². The third-order valence-corrected chi connectivity index (χ3v) is 11.1. The molecule has 0 aliphatic carbocycles. The van der Waals surface area contributed by atoms with E-state index in [0.717, 1.165) is 42.4 Å². The van der Waals surface area contributed by atoms with E-state index in [0.29, 0.717) is 11.1 Å². The number of rotatable bonds is 3. The van der Waals surface area contributed by atoms with Crippen LogP contribution in [0.5, 0.6) is 0 Å². The zero-order valence-corrected chi connectivity index (χ0v) is 22.5. The van der Waals surface area contributed by atoms with E-state index >= 15 is 0 Å². The van der Waals surface area contributed by atoms with Crippen molar-refractivity contribution in [1.82, 2.24) is 18.5 Å². The summed E-state index contributed by atoms with van der Waals surface area (Å²) in [6, 6.07) is 12.5. The van der Waals surface area contributed by atoms with Gasteiger partial charge in [0.2, 0.25) is 0 Å². The zero-order chi connectivity index (χ0) is 23.0. The summed E-state index contributed by atoms with van der Waals surface area (Å²) in [7, 11) is 3.56. The number of aromatic nitrogens is 2. The van der Waals surface area contributed by atoms with Crippen LogP contribution in [0.25, 0.3) is 32.4 Å². The van der Waals surface area contributed by atoms with Crippen LogP contribution in [0, 0.1) is 13.8 Å². The quantitative estimate of drug-likeness (QED) is 0.348. The summed E-state index contributed by atoms with van der Waals surface area (Å²) in [6.07, 6.45) is 0. The fourth-order valence-corrected chi connectivity index (χ4v) is 9.44. The number of carbonyl (C=O) groups excluding carboxylic acids is 2. The maximum atomic E-state index is 13.4. The summed E-state index contributed by atoms with van der Waals surface area (Å²) in [5.74, 6) is -0.193. The van der Waals surface area contributed by atoms with Gasteiger partial charge >= 0.3 is 207 Å². The number of benzene rings is 1. The SMILES string of the molecule is Cc1ccc(C2=C3C(=O)N(C)C(c4ccc(-c5ccc(C)c6nsnc56)[se]4)=C3C(=O)N2C)[se]1. The first kappa shape index (κ1) is 21.0. The Hall–Kier alpha value is -2.54. The molecule has 0 radical (unpaired) electrons. The zero-order valence-electron chi connectivity index (χ0n) is 18.3. The number of likely N-dealkylation sites (N-methyl/N-ethyl adjacent to an activating group) is 2. The predicted molar refractivity (Wildman–Crippen MR) is 132 cm³/mol. The first-order valence-electron chi connectivity index (χ1n) is 10.3. The summed E-state index contributed by atoms with van der Waals surface area (Å²) in [5.41, 5.74) is 6.70. The van der Waals surface area contributed by atoms with Crippen molar-refractivity contribution < 1.29 is 9.59 Å². The molecule has 0 fully saturated rings. The molecule has 5 heterocycles. The molecule has 164 valence electrons. The molecule has 2 amide bonds. The van der Waals surface area contributed by atoms with Crippen LogP contribution >= 0.6 is 11.7 Å². The van der Waals surface area contributed by atoms with Crippen LogP contribution in [0.1, 0.15) is 18.9 Å². The van der Waals surface area contributed by atoms with E-state index in [1.54, 1.807) is 23.9 Å². The van der Waals surface area contributed by atoms with Gasteiger partial charge < -0.3 is 0 Å². The van der Waals surface area contributed by atoms with Gasteiger partial charge in [-0.05, 0) is 0 Å². The van der Waals surface area contributed by atoms with Crippen molar-refractivity contribution in [2.45, 2.75) is 13.8 Å². The molecule has 1 aromatic carbocycles. The average molecular weight is 584 g/mol. The monoisotopic (exact) mass is 586 g/mol. The molecule has 0 saturated heterocycles.